The number of methoxy groups -OCH3 is 1. The summed E-state index contributed by atoms with van der Waals surface area (Å²) < 4.78 is 18.6. The van der Waals surface area contributed by atoms with E-state index in [1.54, 1.807) is 13.3 Å². The van der Waals surface area contributed by atoms with Gasteiger partial charge < -0.3 is 24.4 Å². The predicted octanol–water partition coefficient (Wildman–Crippen LogP) is 4.90. The van der Waals surface area contributed by atoms with Crippen molar-refractivity contribution in [1.82, 2.24) is 15.2 Å². The van der Waals surface area contributed by atoms with E-state index in [1.807, 2.05) is 59.5 Å². The summed E-state index contributed by atoms with van der Waals surface area (Å²) in [6, 6.07) is 21.6. The van der Waals surface area contributed by atoms with Crippen molar-refractivity contribution >= 4 is 6.03 Å². The Balaban J connectivity index is 1.44. The number of nitrogens with zero attached hydrogens (tertiary/aromatic N) is 2. The molecule has 0 bridgehead atoms. The maximum Gasteiger partial charge on any atom is 0.317 e. The van der Waals surface area contributed by atoms with E-state index >= 15 is 0 Å². The van der Waals surface area contributed by atoms with Gasteiger partial charge in [0.1, 0.15) is 5.60 Å². The number of ether oxygens (including phenoxy) is 3. The smallest absolute Gasteiger partial charge is 0.317 e. The first-order valence-corrected chi connectivity index (χ1v) is 12.7. The third-order valence-corrected chi connectivity index (χ3v) is 7.02. The maximum absolute atomic E-state index is 13.2. The molecule has 1 atom stereocenters. The van der Waals surface area contributed by atoms with Crippen LogP contribution in [0.15, 0.2) is 72.9 Å². The van der Waals surface area contributed by atoms with Crippen LogP contribution in [0.4, 0.5) is 4.79 Å². The Morgan fingerprint density at radius 1 is 1.06 bits per heavy atom. The fourth-order valence-electron chi connectivity index (χ4n) is 5.11. The molecule has 1 aliphatic heterocycles. The van der Waals surface area contributed by atoms with Gasteiger partial charge in [0.05, 0.1) is 38.6 Å². The summed E-state index contributed by atoms with van der Waals surface area (Å²) >= 11 is 0. The number of nitrogens with one attached hydrogen (secondary N) is 1. The lowest BCUT2D eigenvalue weighted by atomic mass is 9.84. The molecule has 2 heterocycles. The highest BCUT2D eigenvalue weighted by molar-refractivity contribution is 5.74. The van der Waals surface area contributed by atoms with Gasteiger partial charge >= 0.3 is 6.03 Å². The van der Waals surface area contributed by atoms with Crippen molar-refractivity contribution in [1.29, 1.82) is 0 Å². The van der Waals surface area contributed by atoms with E-state index in [0.29, 0.717) is 32.0 Å². The number of carbonyl (C=O) groups is 1. The zero-order valence-electron chi connectivity index (χ0n) is 20.7. The van der Waals surface area contributed by atoms with Crippen LogP contribution in [0.5, 0.6) is 11.5 Å². The quantitative estimate of drug-likeness (QED) is 0.513. The summed E-state index contributed by atoms with van der Waals surface area (Å²) in [7, 11) is 1.66. The molecule has 1 saturated carbocycles. The topological polar surface area (TPSA) is 72.9 Å². The van der Waals surface area contributed by atoms with Crippen molar-refractivity contribution in [3.63, 3.8) is 0 Å². The normalized spacial score (nSPS) is 20.2. The number of carbonyl (C=O) groups excluding carboxylic acids is 1. The zero-order chi connectivity index (χ0) is 24.8. The number of hydrogen-bond donors (Lipinski definition) is 1. The Bertz CT molecular complexity index is 1150. The van der Waals surface area contributed by atoms with E-state index in [-0.39, 0.29) is 12.1 Å². The van der Waals surface area contributed by atoms with Crippen molar-refractivity contribution in [2.75, 3.05) is 26.8 Å². The maximum atomic E-state index is 13.2. The minimum absolute atomic E-state index is 0.139. The van der Waals surface area contributed by atoms with Crippen molar-refractivity contribution in [3.05, 3.63) is 89.7 Å². The SMILES string of the molecule is COc1ccc(C2(c3ccccc3)CN(C(=O)NCc3ccccn3)CCO2)cc1OC1CCCC1. The van der Waals surface area contributed by atoms with Gasteiger partial charge in [-0.15, -0.1) is 0 Å². The molecule has 36 heavy (non-hydrogen) atoms. The Labute approximate surface area is 212 Å². The summed E-state index contributed by atoms with van der Waals surface area (Å²) in [6.07, 6.45) is 6.41. The molecule has 5 rings (SSSR count). The van der Waals surface area contributed by atoms with Gasteiger partial charge in [-0.05, 0) is 61.1 Å². The van der Waals surface area contributed by atoms with E-state index in [9.17, 15) is 4.79 Å². The van der Waals surface area contributed by atoms with Crippen LogP contribution in [-0.2, 0) is 16.9 Å². The summed E-state index contributed by atoms with van der Waals surface area (Å²) in [6.45, 7) is 1.67. The molecule has 1 N–H and O–H groups in total. The second kappa shape index (κ2) is 11.0. The van der Waals surface area contributed by atoms with E-state index in [0.717, 1.165) is 35.4 Å². The lowest BCUT2D eigenvalue weighted by Gasteiger charge is -2.43. The number of aromatic nitrogens is 1. The van der Waals surface area contributed by atoms with Crippen LogP contribution in [0.2, 0.25) is 0 Å². The molecule has 1 aromatic heterocycles. The number of hydrogen-bond acceptors (Lipinski definition) is 5. The largest absolute Gasteiger partial charge is 0.493 e. The minimum atomic E-state index is -0.831. The van der Waals surface area contributed by atoms with Gasteiger partial charge in [-0.25, -0.2) is 4.79 Å². The molecule has 7 heteroatoms. The molecule has 2 aromatic carbocycles. The number of morpholine rings is 1. The first-order chi connectivity index (χ1) is 17.7. The Morgan fingerprint density at radius 3 is 2.61 bits per heavy atom. The van der Waals surface area contributed by atoms with E-state index in [1.165, 1.54) is 12.8 Å². The van der Waals surface area contributed by atoms with Crippen LogP contribution in [-0.4, -0.2) is 48.8 Å². The van der Waals surface area contributed by atoms with Crippen LogP contribution >= 0.6 is 0 Å². The number of amides is 2. The molecule has 2 fully saturated rings. The zero-order valence-corrected chi connectivity index (χ0v) is 20.7. The number of benzene rings is 2. The van der Waals surface area contributed by atoms with Gasteiger partial charge in [-0.2, -0.15) is 0 Å². The molecule has 2 amide bonds. The van der Waals surface area contributed by atoms with Gasteiger partial charge in [0.15, 0.2) is 11.5 Å². The Hall–Kier alpha value is -3.58. The number of pyridine rings is 1. The first kappa shape index (κ1) is 24.1. The Morgan fingerprint density at radius 2 is 1.86 bits per heavy atom. The summed E-state index contributed by atoms with van der Waals surface area (Å²) in [5.74, 6) is 1.42. The fraction of sp³-hybridized carbons (Fsp3) is 0.379. The average Bonchev–Trinajstić information content (AvgIpc) is 3.46. The second-order valence-electron chi connectivity index (χ2n) is 9.33. The van der Waals surface area contributed by atoms with Crippen LogP contribution in [0.1, 0.15) is 42.5 Å². The van der Waals surface area contributed by atoms with Gasteiger partial charge in [-0.3, -0.25) is 4.98 Å². The van der Waals surface area contributed by atoms with Crippen molar-refractivity contribution in [3.8, 4) is 11.5 Å². The van der Waals surface area contributed by atoms with E-state index < -0.39 is 5.60 Å². The van der Waals surface area contributed by atoms with E-state index in [4.69, 9.17) is 14.2 Å². The molecule has 188 valence electrons. The summed E-state index contributed by atoms with van der Waals surface area (Å²) in [4.78, 5) is 19.3. The highest BCUT2D eigenvalue weighted by atomic mass is 16.5. The molecule has 2 aliphatic rings. The van der Waals surface area contributed by atoms with Crippen LogP contribution in [0.3, 0.4) is 0 Å². The van der Waals surface area contributed by atoms with Crippen molar-refractivity contribution < 1.29 is 19.0 Å². The van der Waals surface area contributed by atoms with Gasteiger partial charge in [-0.1, -0.05) is 42.5 Å². The minimum Gasteiger partial charge on any atom is -0.493 e. The number of urea groups is 1. The van der Waals surface area contributed by atoms with E-state index in [2.05, 4.69) is 22.4 Å². The molecule has 0 spiro atoms. The van der Waals surface area contributed by atoms with Crippen LogP contribution in [0.25, 0.3) is 0 Å². The molecular formula is C29H33N3O4. The molecule has 1 saturated heterocycles. The standard InChI is InChI=1S/C29H33N3O4/c1-34-26-15-14-23(19-27(26)36-25-12-5-6-13-25)29(22-9-3-2-4-10-22)21-32(17-18-35-29)28(33)31-20-24-11-7-8-16-30-24/h2-4,7-11,14-16,19,25H,5-6,12-13,17-18,20-21H2,1H3,(H,31,33). The van der Waals surface area contributed by atoms with Crippen molar-refractivity contribution in [2.45, 2.75) is 43.9 Å². The van der Waals surface area contributed by atoms with Crippen molar-refractivity contribution in [2.24, 2.45) is 0 Å². The molecule has 1 unspecified atom stereocenters. The molecule has 7 nitrogen and oxygen atoms in total. The summed E-state index contributed by atoms with van der Waals surface area (Å²) in [5, 5.41) is 3.01. The molecule has 3 aromatic rings. The first-order valence-electron chi connectivity index (χ1n) is 12.7. The van der Waals surface area contributed by atoms with Gasteiger partial charge in [0, 0.05) is 12.7 Å². The van der Waals surface area contributed by atoms with Crippen LogP contribution < -0.4 is 14.8 Å². The Kier molecular flexibility index (Phi) is 7.37. The second-order valence-corrected chi connectivity index (χ2v) is 9.33. The highest BCUT2D eigenvalue weighted by Crippen LogP contribution is 2.41. The molecule has 1 aliphatic carbocycles. The lowest BCUT2D eigenvalue weighted by molar-refractivity contribution is -0.0757. The molecular weight excluding hydrogens is 454 g/mol. The highest BCUT2D eigenvalue weighted by Gasteiger charge is 2.42. The lowest BCUT2D eigenvalue weighted by Crippen LogP contribution is -2.54. The fourth-order valence-corrected chi connectivity index (χ4v) is 5.11. The predicted molar refractivity (Wildman–Crippen MR) is 137 cm³/mol. The average molecular weight is 488 g/mol. The van der Waals surface area contributed by atoms with Gasteiger partial charge in [0.2, 0.25) is 0 Å². The summed E-state index contributed by atoms with van der Waals surface area (Å²) in [5.41, 5.74) is 1.91. The van der Waals surface area contributed by atoms with Gasteiger partial charge in [0.25, 0.3) is 0 Å². The third kappa shape index (κ3) is 5.16. The number of rotatable bonds is 7. The van der Waals surface area contributed by atoms with Crippen LogP contribution in [0, 0.1) is 0 Å². The third-order valence-electron chi connectivity index (χ3n) is 7.02. The molecule has 0 radical (unpaired) electrons. The monoisotopic (exact) mass is 487 g/mol.